The van der Waals surface area contributed by atoms with Gasteiger partial charge in [-0.1, -0.05) is 23.7 Å². The minimum atomic E-state index is -0.498. The quantitative estimate of drug-likeness (QED) is 0.398. The van der Waals surface area contributed by atoms with Crippen LogP contribution in [0.15, 0.2) is 54.6 Å². The number of rotatable bonds is 9. The number of nitrogens with zero attached hydrogens (tertiary/aromatic N) is 2. The molecule has 1 aromatic heterocycles. The largest absolute Gasteiger partial charge is 0.461 e. The van der Waals surface area contributed by atoms with Crippen LogP contribution in [0.4, 0.5) is 0 Å². The zero-order chi connectivity index (χ0) is 22.2. The van der Waals surface area contributed by atoms with Crippen molar-refractivity contribution in [3.8, 4) is 16.9 Å². The van der Waals surface area contributed by atoms with Crippen LogP contribution in [0.1, 0.15) is 34.7 Å². The average Bonchev–Trinajstić information content (AvgIpc) is 3.23. The predicted molar refractivity (Wildman–Crippen MR) is 119 cm³/mol. The summed E-state index contributed by atoms with van der Waals surface area (Å²) in [5, 5.41) is 7.85. The Morgan fingerprint density at radius 2 is 1.74 bits per heavy atom. The molecule has 0 unspecified atom stereocenters. The Balaban J connectivity index is 1.89. The maximum atomic E-state index is 12.3. The predicted octanol–water partition coefficient (Wildman–Crippen LogP) is 4.14. The van der Waals surface area contributed by atoms with Crippen LogP contribution in [-0.4, -0.2) is 48.0 Å². The van der Waals surface area contributed by atoms with Gasteiger partial charge in [0.25, 0.3) is 5.91 Å². The Bertz CT molecular complexity index is 1030. The van der Waals surface area contributed by atoms with Crippen molar-refractivity contribution in [2.45, 2.75) is 13.8 Å². The van der Waals surface area contributed by atoms with Crippen LogP contribution in [0, 0.1) is 0 Å². The Labute approximate surface area is 185 Å². The first-order valence-corrected chi connectivity index (χ1v) is 10.4. The molecular formula is C23H24ClN3O4. The van der Waals surface area contributed by atoms with Crippen molar-refractivity contribution in [3.05, 3.63) is 70.9 Å². The van der Waals surface area contributed by atoms with E-state index in [1.807, 2.05) is 19.1 Å². The van der Waals surface area contributed by atoms with E-state index in [9.17, 15) is 9.59 Å². The van der Waals surface area contributed by atoms with E-state index in [2.05, 4.69) is 10.4 Å². The van der Waals surface area contributed by atoms with E-state index >= 15 is 0 Å². The summed E-state index contributed by atoms with van der Waals surface area (Å²) in [6.07, 6.45) is 0. The highest BCUT2D eigenvalue weighted by atomic mass is 35.5. The summed E-state index contributed by atoms with van der Waals surface area (Å²) in [5.41, 5.74) is 2.96. The van der Waals surface area contributed by atoms with Crippen LogP contribution in [0.2, 0.25) is 5.02 Å². The third-order valence-corrected chi connectivity index (χ3v) is 4.70. The fraction of sp³-hybridized carbons (Fsp3) is 0.261. The zero-order valence-corrected chi connectivity index (χ0v) is 18.2. The monoisotopic (exact) mass is 441 g/mol. The first-order chi connectivity index (χ1) is 15.0. The molecule has 1 N–H and O–H groups in total. The van der Waals surface area contributed by atoms with Crippen molar-refractivity contribution in [2.75, 3.05) is 26.4 Å². The Hall–Kier alpha value is -3.16. The number of nitrogens with one attached hydrogen (secondary N) is 1. The first-order valence-electron chi connectivity index (χ1n) is 10.0. The second-order valence-electron chi connectivity index (χ2n) is 6.55. The molecule has 0 fully saturated rings. The van der Waals surface area contributed by atoms with Crippen molar-refractivity contribution in [1.82, 2.24) is 15.1 Å². The second-order valence-corrected chi connectivity index (χ2v) is 6.99. The highest BCUT2D eigenvalue weighted by Gasteiger charge is 2.18. The van der Waals surface area contributed by atoms with E-state index in [4.69, 9.17) is 21.1 Å². The number of hydrogen-bond donors (Lipinski definition) is 1. The molecule has 3 aromatic rings. The van der Waals surface area contributed by atoms with Gasteiger partial charge < -0.3 is 14.8 Å². The number of amides is 1. The Morgan fingerprint density at radius 1 is 1.03 bits per heavy atom. The van der Waals surface area contributed by atoms with E-state index in [0.29, 0.717) is 41.7 Å². The maximum absolute atomic E-state index is 12.3. The molecule has 162 valence electrons. The van der Waals surface area contributed by atoms with E-state index < -0.39 is 5.97 Å². The van der Waals surface area contributed by atoms with Crippen LogP contribution in [0.5, 0.6) is 0 Å². The molecule has 0 saturated carbocycles. The Morgan fingerprint density at radius 3 is 2.39 bits per heavy atom. The minimum absolute atomic E-state index is 0.183. The molecule has 31 heavy (non-hydrogen) atoms. The molecule has 3 rings (SSSR count). The summed E-state index contributed by atoms with van der Waals surface area (Å²) in [5.74, 6) is -0.682. The van der Waals surface area contributed by atoms with Gasteiger partial charge in [-0.2, -0.15) is 5.10 Å². The molecule has 0 atom stereocenters. The van der Waals surface area contributed by atoms with Crippen molar-refractivity contribution in [1.29, 1.82) is 0 Å². The van der Waals surface area contributed by atoms with Crippen molar-refractivity contribution >= 4 is 23.5 Å². The molecule has 0 aliphatic rings. The van der Waals surface area contributed by atoms with Crippen LogP contribution in [-0.2, 0) is 9.47 Å². The van der Waals surface area contributed by atoms with Gasteiger partial charge >= 0.3 is 5.97 Å². The zero-order valence-electron chi connectivity index (χ0n) is 17.4. The highest BCUT2D eigenvalue weighted by molar-refractivity contribution is 6.30. The fourth-order valence-electron chi connectivity index (χ4n) is 2.95. The lowest BCUT2D eigenvalue weighted by atomic mass is 10.1. The summed E-state index contributed by atoms with van der Waals surface area (Å²) in [6, 6.07) is 15.9. The molecule has 1 amide bonds. The maximum Gasteiger partial charge on any atom is 0.358 e. The number of carbonyl (C=O) groups excluding carboxylic acids is 2. The molecule has 1 heterocycles. The van der Waals surface area contributed by atoms with Crippen molar-refractivity contribution in [2.24, 2.45) is 0 Å². The fourth-order valence-corrected chi connectivity index (χ4v) is 3.07. The van der Waals surface area contributed by atoms with E-state index in [1.54, 1.807) is 54.1 Å². The number of carbonyl (C=O) groups is 2. The number of ether oxygens (including phenoxy) is 2. The number of esters is 1. The second kappa shape index (κ2) is 10.7. The van der Waals surface area contributed by atoms with Gasteiger partial charge in [-0.25, -0.2) is 9.48 Å². The van der Waals surface area contributed by atoms with Crippen LogP contribution < -0.4 is 5.32 Å². The van der Waals surface area contributed by atoms with Gasteiger partial charge in [-0.3, -0.25) is 4.79 Å². The number of benzene rings is 2. The molecule has 0 aliphatic carbocycles. The lowest BCUT2D eigenvalue weighted by Gasteiger charge is -2.09. The lowest BCUT2D eigenvalue weighted by molar-refractivity contribution is 0.0519. The topological polar surface area (TPSA) is 82.5 Å². The standard InChI is InChI=1S/C23H24ClN3O4/c1-3-30-14-13-25-22(28)17-7-11-19(12-8-17)27-21(16-5-9-18(24)10-6-16)15-20(26-27)23(29)31-4-2/h5-12,15H,3-4,13-14H2,1-2H3,(H,25,28). The van der Waals surface area contributed by atoms with Crippen LogP contribution >= 0.6 is 11.6 Å². The molecule has 0 spiro atoms. The molecule has 7 nitrogen and oxygen atoms in total. The third kappa shape index (κ3) is 5.71. The molecule has 0 aliphatic heterocycles. The summed E-state index contributed by atoms with van der Waals surface area (Å²) in [4.78, 5) is 24.5. The molecular weight excluding hydrogens is 418 g/mol. The molecule has 8 heteroatoms. The van der Waals surface area contributed by atoms with Gasteiger partial charge in [-0.15, -0.1) is 0 Å². The lowest BCUT2D eigenvalue weighted by Crippen LogP contribution is -2.27. The summed E-state index contributed by atoms with van der Waals surface area (Å²) >= 11 is 6.01. The Kier molecular flexibility index (Phi) is 7.81. The smallest absolute Gasteiger partial charge is 0.358 e. The first kappa shape index (κ1) is 22.5. The molecule has 0 bridgehead atoms. The van der Waals surface area contributed by atoms with Crippen LogP contribution in [0.25, 0.3) is 16.9 Å². The number of hydrogen-bond acceptors (Lipinski definition) is 5. The van der Waals surface area contributed by atoms with Gasteiger partial charge in [0.2, 0.25) is 0 Å². The van der Waals surface area contributed by atoms with Gasteiger partial charge in [0.05, 0.1) is 24.6 Å². The number of aromatic nitrogens is 2. The van der Waals surface area contributed by atoms with E-state index in [1.165, 1.54) is 0 Å². The average molecular weight is 442 g/mol. The number of halogens is 1. The third-order valence-electron chi connectivity index (χ3n) is 4.44. The van der Waals surface area contributed by atoms with Gasteiger partial charge in [-0.05, 0) is 56.3 Å². The van der Waals surface area contributed by atoms with Gasteiger partial charge in [0.15, 0.2) is 5.69 Å². The van der Waals surface area contributed by atoms with E-state index in [0.717, 1.165) is 5.56 Å². The minimum Gasteiger partial charge on any atom is -0.461 e. The molecule has 2 aromatic carbocycles. The SMILES string of the molecule is CCOCCNC(=O)c1ccc(-n2nc(C(=O)OCC)cc2-c2ccc(Cl)cc2)cc1. The summed E-state index contributed by atoms with van der Waals surface area (Å²) < 4.78 is 12.0. The molecule has 0 saturated heterocycles. The van der Waals surface area contributed by atoms with Gasteiger partial charge in [0, 0.05) is 29.3 Å². The summed E-state index contributed by atoms with van der Waals surface area (Å²) in [6.45, 7) is 5.42. The van der Waals surface area contributed by atoms with E-state index in [-0.39, 0.29) is 18.2 Å². The van der Waals surface area contributed by atoms with Crippen LogP contribution in [0.3, 0.4) is 0 Å². The van der Waals surface area contributed by atoms with Crippen molar-refractivity contribution < 1.29 is 19.1 Å². The molecule has 0 radical (unpaired) electrons. The summed E-state index contributed by atoms with van der Waals surface area (Å²) in [7, 11) is 0. The highest BCUT2D eigenvalue weighted by Crippen LogP contribution is 2.26. The normalized spacial score (nSPS) is 10.7. The van der Waals surface area contributed by atoms with Gasteiger partial charge in [0.1, 0.15) is 0 Å². The van der Waals surface area contributed by atoms with Crippen molar-refractivity contribution in [3.63, 3.8) is 0 Å².